The lowest BCUT2D eigenvalue weighted by molar-refractivity contribution is 0.0573. The lowest BCUT2D eigenvalue weighted by atomic mass is 9.85. The van der Waals surface area contributed by atoms with Gasteiger partial charge in [-0.25, -0.2) is 5.01 Å². The molecule has 2 N–H and O–H groups in total. The predicted octanol–water partition coefficient (Wildman–Crippen LogP) is 2.55. The van der Waals surface area contributed by atoms with Crippen molar-refractivity contribution in [2.24, 2.45) is 5.92 Å². The molecule has 1 aliphatic heterocycles. The van der Waals surface area contributed by atoms with Gasteiger partial charge < -0.3 is 5.32 Å². The smallest absolute Gasteiger partial charge is 0.280 e. The molecule has 0 aromatic rings. The molecule has 1 aliphatic carbocycles. The molecule has 7 heteroatoms. The van der Waals surface area contributed by atoms with Crippen LogP contribution in [-0.2, 0) is 0 Å². The SMILES string of the molecule is C[C@@H]1CN(NI)CCN1C[C@H]1CC[C@H](NC(=O)I)CC1. The first-order valence-corrected chi connectivity index (χ1v) is 9.55. The third-order valence-electron chi connectivity index (χ3n) is 4.54. The van der Waals surface area contributed by atoms with Crippen LogP contribution in [0, 0.1) is 5.92 Å². The number of rotatable bonds is 4. The average molecular weight is 506 g/mol. The first-order chi connectivity index (χ1) is 9.58. The number of piperazine rings is 1. The molecule has 0 aromatic heterocycles. The van der Waals surface area contributed by atoms with Gasteiger partial charge in [0.15, 0.2) is 0 Å². The Morgan fingerprint density at radius 3 is 2.50 bits per heavy atom. The van der Waals surface area contributed by atoms with Crippen molar-refractivity contribution in [3.63, 3.8) is 0 Å². The Kier molecular flexibility index (Phi) is 7.25. The van der Waals surface area contributed by atoms with E-state index in [0.717, 1.165) is 38.4 Å². The van der Waals surface area contributed by atoms with Gasteiger partial charge in [-0.1, -0.05) is 0 Å². The average Bonchev–Trinajstić information content (AvgIpc) is 2.42. The van der Waals surface area contributed by atoms with Crippen LogP contribution in [0.1, 0.15) is 32.6 Å². The van der Waals surface area contributed by atoms with Gasteiger partial charge >= 0.3 is 0 Å². The fraction of sp³-hybridized carbons (Fsp3) is 0.923. The Balaban J connectivity index is 1.71. The zero-order chi connectivity index (χ0) is 14.5. The maximum absolute atomic E-state index is 11.1. The summed E-state index contributed by atoms with van der Waals surface area (Å²) in [6, 6.07) is 1.03. The number of hydrazine groups is 1. The Morgan fingerprint density at radius 2 is 1.95 bits per heavy atom. The third-order valence-corrected chi connectivity index (χ3v) is 5.54. The van der Waals surface area contributed by atoms with E-state index < -0.39 is 0 Å². The Morgan fingerprint density at radius 1 is 1.25 bits per heavy atom. The Bertz CT molecular complexity index is 323. The molecule has 5 nitrogen and oxygen atoms in total. The normalized spacial score (nSPS) is 33.0. The fourth-order valence-corrected chi connectivity index (χ4v) is 4.20. The molecule has 0 bridgehead atoms. The van der Waals surface area contributed by atoms with Gasteiger partial charge in [0.25, 0.3) is 3.91 Å². The Hall–Kier alpha value is 0.810. The molecule has 1 amide bonds. The van der Waals surface area contributed by atoms with Crippen molar-refractivity contribution in [3.8, 4) is 0 Å². The van der Waals surface area contributed by atoms with Crippen LogP contribution < -0.4 is 8.96 Å². The van der Waals surface area contributed by atoms with Gasteiger partial charge in [0.1, 0.15) is 0 Å². The van der Waals surface area contributed by atoms with E-state index in [0.29, 0.717) is 12.1 Å². The number of nitrogens with one attached hydrogen (secondary N) is 2. The van der Waals surface area contributed by atoms with Gasteiger partial charge in [0.2, 0.25) is 0 Å². The minimum atomic E-state index is 0.0853. The van der Waals surface area contributed by atoms with E-state index in [4.69, 9.17) is 0 Å². The quantitative estimate of drug-likeness (QED) is 0.267. The van der Waals surface area contributed by atoms with Crippen LogP contribution in [0.4, 0.5) is 4.79 Å². The summed E-state index contributed by atoms with van der Waals surface area (Å²) in [5, 5.41) is 5.33. The van der Waals surface area contributed by atoms with Gasteiger partial charge in [0.05, 0.1) is 0 Å². The summed E-state index contributed by atoms with van der Waals surface area (Å²) in [5.41, 5.74) is 0. The van der Waals surface area contributed by atoms with Crippen LogP contribution in [0.15, 0.2) is 0 Å². The maximum atomic E-state index is 11.1. The molecule has 20 heavy (non-hydrogen) atoms. The molecule has 0 unspecified atom stereocenters. The number of hydrogen-bond donors (Lipinski definition) is 2. The van der Waals surface area contributed by atoms with Crippen molar-refractivity contribution in [1.82, 2.24) is 18.9 Å². The van der Waals surface area contributed by atoms with Crippen molar-refractivity contribution in [1.29, 1.82) is 0 Å². The van der Waals surface area contributed by atoms with Crippen molar-refractivity contribution >= 4 is 49.4 Å². The summed E-state index contributed by atoms with van der Waals surface area (Å²) in [5.74, 6) is 0.805. The minimum absolute atomic E-state index is 0.0853. The van der Waals surface area contributed by atoms with E-state index in [9.17, 15) is 4.79 Å². The van der Waals surface area contributed by atoms with E-state index >= 15 is 0 Å². The van der Waals surface area contributed by atoms with Gasteiger partial charge in [0, 0.05) is 83.7 Å². The molecule has 2 rings (SSSR count). The molecule has 0 spiro atoms. The van der Waals surface area contributed by atoms with E-state index in [1.165, 1.54) is 19.4 Å². The highest BCUT2D eigenvalue weighted by molar-refractivity contribution is 14.1. The standard InChI is InChI=1S/C13H24I2N4O/c1-10-8-19(17-15)7-6-18(10)9-11-2-4-12(5-3-11)16-13(14)20/h10-12,17H,2-9H2,1H3,(H,16,20)/t10-,11-,12-/m1/s1. The number of carbonyl (C=O) groups excluding carboxylic acids is 1. The molecular formula is C13H24I2N4O. The number of carbonyl (C=O) groups is 1. The van der Waals surface area contributed by atoms with E-state index in [2.05, 4.69) is 48.7 Å². The van der Waals surface area contributed by atoms with Crippen molar-refractivity contribution in [3.05, 3.63) is 0 Å². The number of hydrogen-bond acceptors (Lipinski definition) is 4. The van der Waals surface area contributed by atoms with Gasteiger partial charge in [-0.05, 0) is 38.5 Å². The van der Waals surface area contributed by atoms with Crippen LogP contribution >= 0.6 is 45.5 Å². The molecule has 0 aromatic carbocycles. The van der Waals surface area contributed by atoms with E-state index in [1.54, 1.807) is 0 Å². The lowest BCUT2D eigenvalue weighted by Gasteiger charge is -2.41. The van der Waals surface area contributed by atoms with Gasteiger partial charge in [-0.2, -0.15) is 3.64 Å². The highest BCUT2D eigenvalue weighted by Crippen LogP contribution is 2.26. The molecular weight excluding hydrogens is 482 g/mol. The summed E-state index contributed by atoms with van der Waals surface area (Å²) in [4.78, 5) is 13.7. The minimum Gasteiger partial charge on any atom is -0.345 e. The third kappa shape index (κ3) is 5.22. The van der Waals surface area contributed by atoms with Gasteiger partial charge in [-0.15, -0.1) is 0 Å². The summed E-state index contributed by atoms with van der Waals surface area (Å²) < 4.78 is 3.30. The molecule has 116 valence electrons. The monoisotopic (exact) mass is 506 g/mol. The molecule has 0 radical (unpaired) electrons. The summed E-state index contributed by atoms with van der Waals surface area (Å²) in [6.07, 6.45) is 4.78. The largest absolute Gasteiger partial charge is 0.345 e. The fourth-order valence-electron chi connectivity index (χ4n) is 3.32. The zero-order valence-corrected chi connectivity index (χ0v) is 16.3. The van der Waals surface area contributed by atoms with E-state index in [1.807, 2.05) is 22.6 Å². The second-order valence-corrected chi connectivity index (χ2v) is 7.47. The predicted molar refractivity (Wildman–Crippen MR) is 98.1 cm³/mol. The highest BCUT2D eigenvalue weighted by atomic mass is 127. The first-order valence-electron chi connectivity index (χ1n) is 7.39. The van der Waals surface area contributed by atoms with Crippen LogP contribution in [-0.4, -0.2) is 52.1 Å². The number of amides is 1. The topological polar surface area (TPSA) is 47.6 Å². The van der Waals surface area contributed by atoms with Crippen molar-refractivity contribution in [2.45, 2.75) is 44.7 Å². The molecule has 2 aliphatic rings. The lowest BCUT2D eigenvalue weighted by Crippen LogP contribution is -2.55. The molecule has 1 saturated carbocycles. The second-order valence-electron chi connectivity index (χ2n) is 6.01. The van der Waals surface area contributed by atoms with Crippen LogP contribution in [0.5, 0.6) is 0 Å². The van der Waals surface area contributed by atoms with E-state index in [-0.39, 0.29) is 3.91 Å². The first kappa shape index (κ1) is 17.2. The van der Waals surface area contributed by atoms with Gasteiger partial charge in [-0.3, -0.25) is 9.69 Å². The molecule has 1 atom stereocenters. The van der Waals surface area contributed by atoms with Crippen molar-refractivity contribution < 1.29 is 4.79 Å². The molecule has 1 saturated heterocycles. The van der Waals surface area contributed by atoms with Crippen LogP contribution in [0.3, 0.4) is 0 Å². The second kappa shape index (κ2) is 8.44. The summed E-state index contributed by atoms with van der Waals surface area (Å²) in [7, 11) is 0. The highest BCUT2D eigenvalue weighted by Gasteiger charge is 2.28. The van der Waals surface area contributed by atoms with Crippen LogP contribution in [0.25, 0.3) is 0 Å². The summed E-state index contributed by atoms with van der Waals surface area (Å²) in [6.45, 7) is 6.90. The Labute approximate surface area is 149 Å². The van der Waals surface area contributed by atoms with Crippen LogP contribution in [0.2, 0.25) is 0 Å². The maximum Gasteiger partial charge on any atom is 0.280 e. The number of halogens is 2. The molecule has 2 fully saturated rings. The number of nitrogens with zero attached hydrogens (tertiary/aromatic N) is 2. The summed E-state index contributed by atoms with van der Waals surface area (Å²) >= 11 is 4.05. The zero-order valence-electron chi connectivity index (χ0n) is 11.9. The van der Waals surface area contributed by atoms with Crippen molar-refractivity contribution in [2.75, 3.05) is 26.2 Å². The molecule has 1 heterocycles.